The highest BCUT2D eigenvalue weighted by Gasteiger charge is 2.33. The first-order valence-corrected chi connectivity index (χ1v) is 12.8. The van der Waals surface area contributed by atoms with Crippen LogP contribution >= 0.6 is 0 Å². The molecule has 0 bridgehead atoms. The Labute approximate surface area is 207 Å². The van der Waals surface area contributed by atoms with E-state index in [9.17, 15) is 13.2 Å². The number of nitrogens with zero attached hydrogens (tertiary/aromatic N) is 1. The monoisotopic (exact) mass is 510 g/mol. The van der Waals surface area contributed by atoms with E-state index >= 15 is 0 Å². The molecule has 0 atom stereocenters. The second-order valence-electron chi connectivity index (χ2n) is 8.48. The predicted octanol–water partition coefficient (Wildman–Crippen LogP) is 3.89. The van der Waals surface area contributed by atoms with E-state index < -0.39 is 15.9 Å². The fourth-order valence-corrected chi connectivity index (χ4v) is 5.75. The van der Waals surface area contributed by atoms with Gasteiger partial charge in [0.2, 0.25) is 16.8 Å². The van der Waals surface area contributed by atoms with Gasteiger partial charge in [-0.15, -0.1) is 0 Å². The number of hydrogen-bond donors (Lipinski definition) is 1. The molecule has 186 valence electrons. The first-order chi connectivity index (χ1) is 17.4. The van der Waals surface area contributed by atoms with Crippen LogP contribution in [0.15, 0.2) is 53.4 Å². The van der Waals surface area contributed by atoms with Crippen LogP contribution in [0.25, 0.3) is 0 Å². The summed E-state index contributed by atoms with van der Waals surface area (Å²) in [5.74, 6) is 1.53. The van der Waals surface area contributed by atoms with Gasteiger partial charge >= 0.3 is 0 Å². The van der Waals surface area contributed by atoms with Crippen LogP contribution in [-0.4, -0.2) is 51.7 Å². The van der Waals surface area contributed by atoms with E-state index in [-0.39, 0.29) is 55.1 Å². The Hall–Kier alpha value is -3.80. The minimum atomic E-state index is -4.03. The number of nitrogens with one attached hydrogen (secondary N) is 1. The zero-order chi connectivity index (χ0) is 24.9. The van der Waals surface area contributed by atoms with Crippen molar-refractivity contribution in [3.8, 4) is 34.5 Å². The predicted molar refractivity (Wildman–Crippen MR) is 128 cm³/mol. The molecule has 0 aliphatic carbocycles. The molecule has 1 fully saturated rings. The van der Waals surface area contributed by atoms with E-state index in [0.717, 1.165) is 5.56 Å². The summed E-state index contributed by atoms with van der Waals surface area (Å²) in [7, 11) is -4.03. The SMILES string of the molecule is Cc1ccc2c(c1)NC(=O)c1cc(S(=O)(=O)N3CCOCC3)c(Oc3ccc4c(c3)OCO4)cc1O2. The van der Waals surface area contributed by atoms with Crippen LogP contribution in [0.1, 0.15) is 15.9 Å². The average molecular weight is 511 g/mol. The molecule has 3 aliphatic rings. The number of aryl methyl sites for hydroxylation is 1. The van der Waals surface area contributed by atoms with Crippen molar-refractivity contribution < 1.29 is 36.9 Å². The Balaban J connectivity index is 1.47. The first-order valence-electron chi connectivity index (χ1n) is 11.3. The molecule has 1 amide bonds. The number of anilines is 1. The largest absolute Gasteiger partial charge is 0.456 e. The maximum absolute atomic E-state index is 13.7. The Morgan fingerprint density at radius 2 is 1.69 bits per heavy atom. The van der Waals surface area contributed by atoms with Gasteiger partial charge in [0.15, 0.2) is 23.0 Å². The first kappa shape index (κ1) is 22.7. The minimum absolute atomic E-state index is 0.0162. The fraction of sp³-hybridized carbons (Fsp3) is 0.240. The molecule has 1 N–H and O–H groups in total. The zero-order valence-electron chi connectivity index (χ0n) is 19.3. The van der Waals surface area contributed by atoms with Crippen LogP contribution in [0.3, 0.4) is 0 Å². The van der Waals surface area contributed by atoms with E-state index in [0.29, 0.717) is 28.7 Å². The minimum Gasteiger partial charge on any atom is -0.456 e. The van der Waals surface area contributed by atoms with E-state index in [1.165, 1.54) is 16.4 Å². The molecule has 10 nitrogen and oxygen atoms in total. The standard InChI is InChI=1S/C25H22N2O8S/c1-15-2-4-19-18(10-15)26-25(28)17-12-24(36(29,30)27-6-8-31-9-7-27)23(13-21(17)35-19)34-16-3-5-20-22(11-16)33-14-32-20/h2-5,10-13H,6-9,14H2,1H3,(H,26,28). The molecule has 3 aliphatic heterocycles. The molecule has 11 heteroatoms. The van der Waals surface area contributed by atoms with E-state index in [2.05, 4.69) is 5.32 Å². The van der Waals surface area contributed by atoms with Gasteiger partial charge in [-0.2, -0.15) is 4.31 Å². The number of morpholine rings is 1. The van der Waals surface area contributed by atoms with Gasteiger partial charge in [0.1, 0.15) is 16.4 Å². The smallest absolute Gasteiger partial charge is 0.259 e. The van der Waals surface area contributed by atoms with Crippen molar-refractivity contribution in [1.29, 1.82) is 0 Å². The maximum atomic E-state index is 13.7. The van der Waals surface area contributed by atoms with Crippen LogP contribution < -0.4 is 24.3 Å². The van der Waals surface area contributed by atoms with Crippen molar-refractivity contribution in [3.63, 3.8) is 0 Å². The summed E-state index contributed by atoms with van der Waals surface area (Å²) in [4.78, 5) is 13.0. The molecule has 36 heavy (non-hydrogen) atoms. The summed E-state index contributed by atoms with van der Waals surface area (Å²) in [5, 5.41) is 2.81. The van der Waals surface area contributed by atoms with E-state index in [1.807, 2.05) is 13.0 Å². The highest BCUT2D eigenvalue weighted by molar-refractivity contribution is 7.89. The van der Waals surface area contributed by atoms with E-state index in [1.54, 1.807) is 30.3 Å². The maximum Gasteiger partial charge on any atom is 0.259 e. The third kappa shape index (κ3) is 4.00. The van der Waals surface area contributed by atoms with Crippen LogP contribution in [-0.2, 0) is 14.8 Å². The summed E-state index contributed by atoms with van der Waals surface area (Å²) in [5.41, 5.74) is 1.51. The second kappa shape index (κ2) is 8.70. The number of hydrogen-bond acceptors (Lipinski definition) is 8. The molecule has 0 spiro atoms. The summed E-state index contributed by atoms with van der Waals surface area (Å²) in [6.45, 7) is 2.93. The van der Waals surface area contributed by atoms with Gasteiger partial charge in [0.05, 0.1) is 24.5 Å². The molecule has 3 aromatic carbocycles. The van der Waals surface area contributed by atoms with Crippen molar-refractivity contribution in [2.24, 2.45) is 0 Å². The van der Waals surface area contributed by atoms with Gasteiger partial charge in [0.25, 0.3) is 5.91 Å². The Bertz CT molecular complexity index is 1480. The summed E-state index contributed by atoms with van der Waals surface area (Å²) < 4.78 is 56.9. The van der Waals surface area contributed by atoms with Crippen molar-refractivity contribution in [3.05, 3.63) is 59.7 Å². The van der Waals surface area contributed by atoms with Gasteiger partial charge in [-0.3, -0.25) is 4.79 Å². The average Bonchev–Trinajstić information content (AvgIpc) is 3.29. The Morgan fingerprint density at radius 1 is 0.917 bits per heavy atom. The summed E-state index contributed by atoms with van der Waals surface area (Å²) in [6.07, 6.45) is 0. The summed E-state index contributed by atoms with van der Waals surface area (Å²) >= 11 is 0. The van der Waals surface area contributed by atoms with Crippen molar-refractivity contribution in [2.45, 2.75) is 11.8 Å². The summed E-state index contributed by atoms with van der Waals surface area (Å²) in [6, 6.07) is 13.1. The second-order valence-corrected chi connectivity index (χ2v) is 10.4. The third-order valence-corrected chi connectivity index (χ3v) is 7.97. The van der Waals surface area contributed by atoms with Gasteiger partial charge in [-0.1, -0.05) is 6.07 Å². The van der Waals surface area contributed by atoms with Gasteiger partial charge < -0.3 is 29.0 Å². The lowest BCUT2D eigenvalue weighted by atomic mass is 10.1. The number of carbonyl (C=O) groups is 1. The fourth-order valence-electron chi connectivity index (χ4n) is 4.22. The molecule has 0 radical (unpaired) electrons. The normalized spacial score (nSPS) is 16.9. The van der Waals surface area contributed by atoms with Crippen LogP contribution in [0, 0.1) is 6.92 Å². The van der Waals surface area contributed by atoms with Crippen molar-refractivity contribution in [1.82, 2.24) is 4.31 Å². The van der Waals surface area contributed by atoms with Gasteiger partial charge in [-0.05, 0) is 42.8 Å². The molecule has 0 aromatic heterocycles. The number of rotatable bonds is 4. The zero-order valence-corrected chi connectivity index (χ0v) is 20.1. The number of fused-ring (bicyclic) bond motifs is 3. The van der Waals surface area contributed by atoms with Crippen molar-refractivity contribution >= 4 is 21.6 Å². The molecule has 0 saturated carbocycles. The van der Waals surface area contributed by atoms with Crippen LogP contribution in [0.5, 0.6) is 34.5 Å². The molecule has 0 unspecified atom stereocenters. The topological polar surface area (TPSA) is 113 Å². The number of carbonyl (C=O) groups excluding carboxylic acids is 1. The lowest BCUT2D eigenvalue weighted by Crippen LogP contribution is -2.40. The molecule has 1 saturated heterocycles. The van der Waals surface area contributed by atoms with Crippen LogP contribution in [0.2, 0.25) is 0 Å². The number of ether oxygens (including phenoxy) is 5. The highest BCUT2D eigenvalue weighted by atomic mass is 32.2. The highest BCUT2D eigenvalue weighted by Crippen LogP contribution is 2.43. The Kier molecular flexibility index (Phi) is 5.47. The molecule has 3 heterocycles. The lowest BCUT2D eigenvalue weighted by Gasteiger charge is -2.27. The molecular formula is C25H22N2O8S. The quantitative estimate of drug-likeness (QED) is 0.563. The van der Waals surface area contributed by atoms with Gasteiger partial charge in [0, 0.05) is 25.2 Å². The number of benzene rings is 3. The number of amides is 1. The molecule has 3 aromatic rings. The molecule has 6 rings (SSSR count). The van der Waals surface area contributed by atoms with E-state index in [4.69, 9.17) is 23.7 Å². The van der Waals surface area contributed by atoms with Gasteiger partial charge in [-0.25, -0.2) is 8.42 Å². The van der Waals surface area contributed by atoms with Crippen LogP contribution in [0.4, 0.5) is 5.69 Å². The molecular weight excluding hydrogens is 488 g/mol. The third-order valence-electron chi connectivity index (χ3n) is 6.05. The number of sulfonamides is 1. The Morgan fingerprint density at radius 3 is 2.53 bits per heavy atom. The van der Waals surface area contributed by atoms with Crippen molar-refractivity contribution in [2.75, 3.05) is 38.4 Å². The lowest BCUT2D eigenvalue weighted by molar-refractivity contribution is 0.0729.